The Morgan fingerprint density at radius 3 is 2.09 bits per heavy atom. The lowest BCUT2D eigenvalue weighted by Crippen LogP contribution is -2.56. The van der Waals surface area contributed by atoms with E-state index in [0.29, 0.717) is 19.4 Å². The van der Waals surface area contributed by atoms with E-state index in [-0.39, 0.29) is 40.3 Å². The van der Waals surface area contributed by atoms with Gasteiger partial charge in [-0.3, -0.25) is 4.79 Å². The smallest absolute Gasteiger partial charge is 0.315 e. The molecule has 2 aliphatic carbocycles. The van der Waals surface area contributed by atoms with Crippen molar-refractivity contribution in [3.05, 3.63) is 0 Å². The lowest BCUT2D eigenvalue weighted by molar-refractivity contribution is -0.133. The maximum atomic E-state index is 13.0. The summed E-state index contributed by atoms with van der Waals surface area (Å²) >= 11 is 0. The molecule has 0 bridgehead atoms. The monoisotopic (exact) mass is 449 g/mol. The minimum Gasteiger partial charge on any atom is -0.344 e. The van der Waals surface area contributed by atoms with Crippen LogP contribution in [0.2, 0.25) is 0 Å². The van der Waals surface area contributed by atoms with Crippen LogP contribution in [0.15, 0.2) is 0 Å². The fourth-order valence-corrected chi connectivity index (χ4v) is 5.49. The molecule has 2 rings (SSSR count). The summed E-state index contributed by atoms with van der Waals surface area (Å²) in [6, 6.07) is -0.222. The number of aldehydes is 1. The Morgan fingerprint density at radius 2 is 1.56 bits per heavy atom. The maximum absolute atomic E-state index is 13.0. The van der Waals surface area contributed by atoms with E-state index >= 15 is 0 Å². The summed E-state index contributed by atoms with van der Waals surface area (Å²) in [7, 11) is 1.82. The highest BCUT2D eigenvalue weighted by Gasteiger charge is 2.38. The molecular weight excluding hydrogens is 402 g/mol. The van der Waals surface area contributed by atoms with Crippen LogP contribution in [0.4, 0.5) is 4.79 Å². The quantitative estimate of drug-likeness (QED) is 0.483. The third-order valence-electron chi connectivity index (χ3n) is 8.33. The van der Waals surface area contributed by atoms with E-state index in [2.05, 4.69) is 45.3 Å². The van der Waals surface area contributed by atoms with Gasteiger partial charge in [-0.05, 0) is 48.9 Å². The molecule has 0 aliphatic heterocycles. The summed E-state index contributed by atoms with van der Waals surface area (Å²) in [5.74, 6) is 0.0632. The largest absolute Gasteiger partial charge is 0.344 e. The zero-order valence-electron chi connectivity index (χ0n) is 21.4. The van der Waals surface area contributed by atoms with Gasteiger partial charge >= 0.3 is 6.03 Å². The van der Waals surface area contributed by atoms with Gasteiger partial charge < -0.3 is 20.3 Å². The van der Waals surface area contributed by atoms with Gasteiger partial charge in [-0.25, -0.2) is 4.79 Å². The van der Waals surface area contributed by atoms with Gasteiger partial charge in [-0.1, -0.05) is 59.8 Å². The van der Waals surface area contributed by atoms with Crippen LogP contribution in [-0.4, -0.2) is 48.8 Å². The molecule has 6 nitrogen and oxygen atoms in total. The zero-order chi connectivity index (χ0) is 24.0. The molecule has 0 saturated heterocycles. The molecule has 2 aliphatic rings. The molecule has 0 aromatic carbocycles. The van der Waals surface area contributed by atoms with E-state index in [4.69, 9.17) is 0 Å². The second kappa shape index (κ2) is 11.0. The Labute approximate surface area is 195 Å². The molecule has 0 aromatic rings. The molecule has 6 heteroatoms. The van der Waals surface area contributed by atoms with Crippen LogP contribution in [0.1, 0.15) is 105 Å². The molecule has 3 amide bonds. The van der Waals surface area contributed by atoms with Crippen LogP contribution in [0.3, 0.4) is 0 Å². The number of hydrogen-bond acceptors (Lipinski definition) is 3. The molecule has 2 saturated carbocycles. The van der Waals surface area contributed by atoms with Crippen LogP contribution in [-0.2, 0) is 9.59 Å². The number of hydrogen-bond donors (Lipinski definition) is 2. The molecule has 0 aromatic heterocycles. The summed E-state index contributed by atoms with van der Waals surface area (Å²) in [6.45, 7) is 11.1. The number of likely N-dealkylation sites (N-methyl/N-ethyl adjacent to an activating group) is 1. The molecule has 0 radical (unpaired) electrons. The van der Waals surface area contributed by atoms with Crippen molar-refractivity contribution < 1.29 is 14.4 Å². The second-order valence-electron chi connectivity index (χ2n) is 12.0. The van der Waals surface area contributed by atoms with Crippen LogP contribution < -0.4 is 10.6 Å². The molecular formula is C26H47N3O3. The predicted molar refractivity (Wildman–Crippen MR) is 129 cm³/mol. The first-order valence-electron chi connectivity index (χ1n) is 12.7. The SMILES string of the molecule is CC(NC(=O)NC(CN(C)C(=O)CC1(CC=O)CCCC1)C(C)(C)C)C1(C)CCCCC1. The normalized spacial score (nSPS) is 21.9. The minimum absolute atomic E-state index is 0.0632. The lowest BCUT2D eigenvalue weighted by Gasteiger charge is -2.40. The Hall–Kier alpha value is -1.59. The molecule has 0 spiro atoms. The van der Waals surface area contributed by atoms with Crippen molar-refractivity contribution in [3.63, 3.8) is 0 Å². The van der Waals surface area contributed by atoms with Gasteiger partial charge in [0.15, 0.2) is 0 Å². The number of nitrogens with one attached hydrogen (secondary N) is 2. The third kappa shape index (κ3) is 7.21. The molecule has 184 valence electrons. The van der Waals surface area contributed by atoms with E-state index in [1.807, 2.05) is 7.05 Å². The van der Waals surface area contributed by atoms with Crippen molar-refractivity contribution in [2.75, 3.05) is 13.6 Å². The van der Waals surface area contributed by atoms with E-state index in [9.17, 15) is 14.4 Å². The number of rotatable bonds is 9. The van der Waals surface area contributed by atoms with Gasteiger partial charge in [0.05, 0.1) is 6.04 Å². The van der Waals surface area contributed by atoms with Gasteiger partial charge in [0.2, 0.25) is 5.91 Å². The van der Waals surface area contributed by atoms with Crippen molar-refractivity contribution in [3.8, 4) is 0 Å². The van der Waals surface area contributed by atoms with Crippen LogP contribution in [0.5, 0.6) is 0 Å². The third-order valence-corrected chi connectivity index (χ3v) is 8.33. The van der Waals surface area contributed by atoms with Crippen molar-refractivity contribution in [1.82, 2.24) is 15.5 Å². The molecule has 32 heavy (non-hydrogen) atoms. The summed E-state index contributed by atoms with van der Waals surface area (Å²) in [5.41, 5.74) is -0.217. The van der Waals surface area contributed by atoms with Crippen LogP contribution in [0, 0.1) is 16.2 Å². The highest BCUT2D eigenvalue weighted by Crippen LogP contribution is 2.44. The number of urea groups is 1. The first kappa shape index (κ1) is 26.7. The first-order chi connectivity index (χ1) is 14.9. The van der Waals surface area contributed by atoms with Crippen LogP contribution in [0.25, 0.3) is 0 Å². The Bertz CT molecular complexity index is 643. The Morgan fingerprint density at radius 1 is 1.00 bits per heavy atom. The van der Waals surface area contributed by atoms with E-state index in [1.54, 1.807) is 4.90 Å². The summed E-state index contributed by atoms with van der Waals surface area (Å²) in [5, 5.41) is 6.34. The summed E-state index contributed by atoms with van der Waals surface area (Å²) in [6.07, 6.45) is 12.0. The Kier molecular flexibility index (Phi) is 9.18. The number of carbonyl (C=O) groups is 3. The average molecular weight is 450 g/mol. The van der Waals surface area contributed by atoms with Crippen molar-refractivity contribution in [2.45, 2.75) is 117 Å². The van der Waals surface area contributed by atoms with Crippen LogP contribution >= 0.6 is 0 Å². The van der Waals surface area contributed by atoms with Crippen molar-refractivity contribution >= 4 is 18.2 Å². The first-order valence-corrected chi connectivity index (χ1v) is 12.7. The highest BCUT2D eigenvalue weighted by atomic mass is 16.2. The molecule has 2 N–H and O–H groups in total. The van der Waals surface area contributed by atoms with Gasteiger partial charge in [-0.2, -0.15) is 0 Å². The van der Waals surface area contributed by atoms with Crippen molar-refractivity contribution in [1.29, 1.82) is 0 Å². The average Bonchev–Trinajstić information content (AvgIpc) is 3.15. The predicted octanol–water partition coefficient (Wildman–Crippen LogP) is 5.06. The number of amides is 3. The van der Waals surface area contributed by atoms with Crippen molar-refractivity contribution in [2.24, 2.45) is 16.2 Å². The summed E-state index contributed by atoms with van der Waals surface area (Å²) in [4.78, 5) is 38.9. The zero-order valence-corrected chi connectivity index (χ0v) is 21.4. The standard InChI is InChI=1S/C26H47N3O3/c1-20(25(5)12-8-7-9-13-25)27-23(32)28-21(24(2,3)4)19-29(6)22(31)18-26(16-17-30)14-10-11-15-26/h17,20-21H,7-16,18-19H2,1-6H3,(H2,27,28,32). The van der Waals surface area contributed by atoms with E-state index in [1.165, 1.54) is 19.3 Å². The van der Waals surface area contributed by atoms with E-state index in [0.717, 1.165) is 44.8 Å². The van der Waals surface area contributed by atoms with Gasteiger partial charge in [0, 0.05) is 32.5 Å². The fraction of sp³-hybridized carbons (Fsp3) is 0.885. The van der Waals surface area contributed by atoms with E-state index < -0.39 is 0 Å². The lowest BCUT2D eigenvalue weighted by atomic mass is 9.71. The topological polar surface area (TPSA) is 78.5 Å². The number of nitrogens with zero attached hydrogens (tertiary/aromatic N) is 1. The fourth-order valence-electron chi connectivity index (χ4n) is 5.49. The molecule has 0 heterocycles. The molecule has 2 atom stereocenters. The minimum atomic E-state index is -0.197. The van der Waals surface area contributed by atoms with Gasteiger partial charge in [0.1, 0.15) is 6.29 Å². The maximum Gasteiger partial charge on any atom is 0.315 e. The number of carbonyl (C=O) groups excluding carboxylic acids is 3. The molecule has 2 unspecified atom stereocenters. The highest BCUT2D eigenvalue weighted by molar-refractivity contribution is 5.78. The summed E-state index contributed by atoms with van der Waals surface area (Å²) < 4.78 is 0. The van der Waals surface area contributed by atoms with Gasteiger partial charge in [-0.15, -0.1) is 0 Å². The Balaban J connectivity index is 1.96. The molecule has 2 fully saturated rings. The second-order valence-corrected chi connectivity index (χ2v) is 12.0. The van der Waals surface area contributed by atoms with Gasteiger partial charge in [0.25, 0.3) is 0 Å².